The van der Waals surface area contributed by atoms with Crippen LogP contribution in [0.1, 0.15) is 74.0 Å². The lowest BCUT2D eigenvalue weighted by atomic mass is 9.75. The molecule has 0 spiro atoms. The first-order valence-electron chi connectivity index (χ1n) is 12.0. The summed E-state index contributed by atoms with van der Waals surface area (Å²) in [6.07, 6.45) is 1.91. The number of aliphatic imine (C=N–C) groups is 1. The number of carbonyl (C=O) groups is 2. The highest BCUT2D eigenvalue weighted by Gasteiger charge is 2.50. The number of carboxylic acids is 1. The molecule has 3 saturated carbocycles. The predicted molar refractivity (Wildman–Crippen MR) is 122 cm³/mol. The summed E-state index contributed by atoms with van der Waals surface area (Å²) in [7, 11) is 0. The van der Waals surface area contributed by atoms with Crippen molar-refractivity contribution < 1.29 is 27.9 Å². The number of nitrogens with zero attached hydrogens (tertiary/aromatic N) is 1. The van der Waals surface area contributed by atoms with E-state index >= 15 is 0 Å². The molecule has 184 valence electrons. The zero-order chi connectivity index (χ0) is 24.6. The van der Waals surface area contributed by atoms with Gasteiger partial charge in [-0.3, -0.25) is 9.79 Å². The molecule has 0 saturated heterocycles. The molecule has 3 fully saturated rings. The maximum Gasteiger partial charge on any atom is 0.416 e. The van der Waals surface area contributed by atoms with Gasteiger partial charge in [-0.05, 0) is 92.7 Å². The van der Waals surface area contributed by atoms with Crippen molar-refractivity contribution in [3.05, 3.63) is 46.2 Å². The van der Waals surface area contributed by atoms with Gasteiger partial charge < -0.3 is 10.8 Å². The Balaban J connectivity index is 1.27. The topological polar surface area (TPSA) is 92.8 Å². The van der Waals surface area contributed by atoms with Gasteiger partial charge in [0, 0.05) is 17.7 Å². The fraction of sp³-hybridized carbons (Fsp3) is 0.577. The molecule has 0 aliphatic heterocycles. The van der Waals surface area contributed by atoms with Crippen molar-refractivity contribution in [1.29, 1.82) is 0 Å². The molecular formula is C26H31F3N2O3. The van der Waals surface area contributed by atoms with Crippen LogP contribution in [0.3, 0.4) is 0 Å². The molecular weight excluding hydrogens is 445 g/mol. The van der Waals surface area contributed by atoms with Gasteiger partial charge >= 0.3 is 12.1 Å². The van der Waals surface area contributed by atoms with Crippen LogP contribution in [0, 0.1) is 24.7 Å². The number of rotatable bonds is 7. The first-order valence-corrected chi connectivity index (χ1v) is 12.0. The van der Waals surface area contributed by atoms with Crippen molar-refractivity contribution in [2.45, 2.75) is 70.4 Å². The second-order valence-electron chi connectivity index (χ2n) is 10.0. The second-order valence-corrected chi connectivity index (χ2v) is 10.0. The van der Waals surface area contributed by atoms with E-state index < -0.39 is 17.7 Å². The standard InChI is InChI=1S/C26H31F3N2O3/c1-14-19(3-2-4-21(14)26(27,28)29)16-8-5-15(6-9-16)7-10-18(32)13-31-22-12-17-11-20(17)23(22)24(30)25(33)34/h2-4,15-17,20H,5-13,30H2,1H3,(H,33,34)/t15?,16?,17-,20-/m1/s1. The number of carbonyl (C=O) groups excluding carboxylic acids is 1. The molecule has 0 amide bonds. The normalized spacial score (nSPS) is 29.1. The minimum atomic E-state index is -4.34. The first kappa shape index (κ1) is 24.5. The summed E-state index contributed by atoms with van der Waals surface area (Å²) in [6, 6.07) is 4.45. The van der Waals surface area contributed by atoms with Gasteiger partial charge in [0.05, 0.1) is 12.1 Å². The fourth-order valence-electron chi connectivity index (χ4n) is 5.81. The van der Waals surface area contributed by atoms with Gasteiger partial charge in [0.1, 0.15) is 5.70 Å². The van der Waals surface area contributed by atoms with Gasteiger partial charge in [-0.25, -0.2) is 4.79 Å². The molecule has 3 aliphatic carbocycles. The first-order chi connectivity index (χ1) is 16.1. The van der Waals surface area contributed by atoms with Crippen molar-refractivity contribution in [1.82, 2.24) is 0 Å². The number of hydrogen-bond acceptors (Lipinski definition) is 4. The molecule has 0 aromatic heterocycles. The molecule has 0 bridgehead atoms. The van der Waals surface area contributed by atoms with Gasteiger partial charge in [-0.1, -0.05) is 12.1 Å². The summed E-state index contributed by atoms with van der Waals surface area (Å²) in [5.74, 6) is -0.0109. The third-order valence-electron chi connectivity index (χ3n) is 7.83. The summed E-state index contributed by atoms with van der Waals surface area (Å²) in [5, 5.41) is 9.20. The molecule has 3 aliphatic rings. The van der Waals surface area contributed by atoms with Crippen LogP contribution in [0.5, 0.6) is 0 Å². The van der Waals surface area contributed by atoms with Gasteiger partial charge in [-0.15, -0.1) is 0 Å². The SMILES string of the molecule is Cc1c(C2CCC(CCC(=O)CN=C3C[C@H]4C[C@H]4C3=C(N)C(=O)O)CC2)cccc1C(F)(F)F. The van der Waals surface area contributed by atoms with Crippen LogP contribution < -0.4 is 5.73 Å². The van der Waals surface area contributed by atoms with Crippen LogP contribution in [-0.4, -0.2) is 29.1 Å². The molecule has 0 heterocycles. The van der Waals surface area contributed by atoms with Gasteiger partial charge in [0.15, 0.2) is 5.78 Å². The quantitative estimate of drug-likeness (QED) is 0.514. The predicted octanol–water partition coefficient (Wildman–Crippen LogP) is 5.42. The number of halogens is 3. The minimum Gasteiger partial charge on any atom is -0.477 e. The number of alkyl halides is 3. The number of allylic oxidation sites excluding steroid dienone is 1. The van der Waals surface area contributed by atoms with Gasteiger partial charge in [0.2, 0.25) is 0 Å². The average molecular weight is 477 g/mol. The van der Waals surface area contributed by atoms with Crippen molar-refractivity contribution in [3.8, 4) is 0 Å². The largest absolute Gasteiger partial charge is 0.477 e. The number of hydrogen-bond donors (Lipinski definition) is 2. The second kappa shape index (κ2) is 9.55. The molecule has 0 unspecified atom stereocenters. The molecule has 34 heavy (non-hydrogen) atoms. The van der Waals surface area contributed by atoms with E-state index in [9.17, 15) is 27.9 Å². The Hall–Kier alpha value is -2.64. The summed E-state index contributed by atoms with van der Waals surface area (Å²) in [6.45, 7) is 1.60. The summed E-state index contributed by atoms with van der Waals surface area (Å²) >= 11 is 0. The highest BCUT2D eigenvalue weighted by atomic mass is 19.4. The van der Waals surface area contributed by atoms with Crippen LogP contribution in [0.25, 0.3) is 0 Å². The number of nitrogens with two attached hydrogens (primary N) is 1. The fourth-order valence-corrected chi connectivity index (χ4v) is 5.81. The maximum atomic E-state index is 13.2. The highest BCUT2D eigenvalue weighted by molar-refractivity contribution is 6.10. The lowest BCUT2D eigenvalue weighted by molar-refractivity contribution is -0.138. The van der Waals surface area contributed by atoms with E-state index in [2.05, 4.69) is 4.99 Å². The molecule has 1 aromatic carbocycles. The van der Waals surface area contributed by atoms with E-state index in [0.29, 0.717) is 41.5 Å². The lowest BCUT2D eigenvalue weighted by Gasteiger charge is -2.30. The Morgan fingerprint density at radius 2 is 1.88 bits per heavy atom. The Morgan fingerprint density at radius 3 is 2.53 bits per heavy atom. The third kappa shape index (κ3) is 5.20. The summed E-state index contributed by atoms with van der Waals surface area (Å²) in [5.41, 5.74) is 7.45. The number of Topliss-reactive ketones (excluding diaryl/α,β-unsaturated/α-hetero) is 1. The number of carboxylic acid groups (broad SMARTS) is 1. The van der Waals surface area contributed by atoms with Gasteiger partial charge in [0.25, 0.3) is 0 Å². The third-order valence-corrected chi connectivity index (χ3v) is 7.83. The van der Waals surface area contributed by atoms with Crippen molar-refractivity contribution in [2.75, 3.05) is 6.54 Å². The average Bonchev–Trinajstić information content (AvgIpc) is 3.45. The Labute approximate surface area is 197 Å². The number of benzene rings is 1. The van der Waals surface area contributed by atoms with Crippen LogP contribution in [0.4, 0.5) is 13.2 Å². The monoisotopic (exact) mass is 476 g/mol. The van der Waals surface area contributed by atoms with E-state index in [-0.39, 0.29) is 29.9 Å². The molecule has 8 heteroatoms. The van der Waals surface area contributed by atoms with Crippen LogP contribution in [-0.2, 0) is 15.8 Å². The molecule has 1 aromatic rings. The molecule has 3 N–H and O–H groups in total. The van der Waals surface area contributed by atoms with Crippen LogP contribution in [0.2, 0.25) is 0 Å². The van der Waals surface area contributed by atoms with Crippen molar-refractivity contribution in [3.63, 3.8) is 0 Å². The Morgan fingerprint density at radius 1 is 1.18 bits per heavy atom. The molecule has 0 radical (unpaired) electrons. The summed E-state index contributed by atoms with van der Waals surface area (Å²) < 4.78 is 39.7. The van der Waals surface area contributed by atoms with Crippen molar-refractivity contribution >= 4 is 17.5 Å². The maximum absolute atomic E-state index is 13.2. The number of ketones is 1. The number of fused-ring (bicyclic) bond motifs is 1. The van der Waals surface area contributed by atoms with E-state index in [1.807, 2.05) is 6.07 Å². The Kier molecular flexibility index (Phi) is 6.87. The zero-order valence-corrected chi connectivity index (χ0v) is 19.3. The van der Waals surface area contributed by atoms with E-state index in [1.165, 1.54) is 6.07 Å². The lowest BCUT2D eigenvalue weighted by Crippen LogP contribution is -2.18. The smallest absolute Gasteiger partial charge is 0.416 e. The minimum absolute atomic E-state index is 0.0252. The molecule has 2 atom stereocenters. The number of aliphatic carboxylic acids is 1. The van der Waals surface area contributed by atoms with Gasteiger partial charge in [-0.2, -0.15) is 13.2 Å². The zero-order valence-electron chi connectivity index (χ0n) is 19.3. The van der Waals surface area contributed by atoms with Crippen LogP contribution in [0.15, 0.2) is 34.5 Å². The summed E-state index contributed by atoms with van der Waals surface area (Å²) in [4.78, 5) is 28.1. The van der Waals surface area contributed by atoms with Crippen LogP contribution >= 0.6 is 0 Å². The highest BCUT2D eigenvalue weighted by Crippen LogP contribution is 2.54. The molecule has 4 rings (SSSR count). The van der Waals surface area contributed by atoms with Crippen molar-refractivity contribution in [2.24, 2.45) is 28.5 Å². The molecule has 5 nitrogen and oxygen atoms in total. The van der Waals surface area contributed by atoms with E-state index in [4.69, 9.17) is 5.73 Å². The van der Waals surface area contributed by atoms with E-state index in [0.717, 1.165) is 50.2 Å². The Bertz CT molecular complexity index is 1040. The van der Waals surface area contributed by atoms with E-state index in [1.54, 1.807) is 6.92 Å².